The maximum Gasteiger partial charge on any atom is 0.142 e. The molecule has 0 radical (unpaired) electrons. The van der Waals surface area contributed by atoms with E-state index in [1.54, 1.807) is 12.3 Å². The Labute approximate surface area is 315 Å². The molecule has 2 aromatic heterocycles. The summed E-state index contributed by atoms with van der Waals surface area (Å²) in [4.78, 5) is 6.52. The number of nitrogens with zero attached hydrogens (tertiary/aromatic N) is 4. The van der Waals surface area contributed by atoms with Gasteiger partial charge in [-0.05, 0) is 82.1 Å². The molecule has 1 unspecified atom stereocenters. The second-order valence-electron chi connectivity index (χ2n) is 13.4. The number of rotatable bonds is 14. The molecule has 0 spiro atoms. The molecule has 6 rings (SSSR count). The van der Waals surface area contributed by atoms with Crippen molar-refractivity contribution in [1.82, 2.24) is 20.4 Å². The molecule has 1 aliphatic rings. The quantitative estimate of drug-likeness (QED) is 0.119. The van der Waals surface area contributed by atoms with Crippen molar-refractivity contribution in [2.45, 2.75) is 59.9 Å². The van der Waals surface area contributed by atoms with E-state index in [1.165, 1.54) is 12.6 Å². The highest BCUT2D eigenvalue weighted by Gasteiger charge is 2.20. The molecule has 0 saturated carbocycles. The van der Waals surface area contributed by atoms with Gasteiger partial charge in [0.05, 0.1) is 27.9 Å². The lowest BCUT2D eigenvalue weighted by Gasteiger charge is -2.29. The number of nitriles is 1. The molecule has 1 saturated heterocycles. The number of hydrogen-bond acceptors (Lipinski definition) is 9. The normalized spacial score (nSPS) is 14.6. The van der Waals surface area contributed by atoms with Crippen LogP contribution in [0.25, 0.3) is 11.1 Å². The number of aromatic nitrogens is 2. The number of nitrogens with one attached hydrogen (secondary N) is 1. The number of hydrogen-bond donors (Lipinski definition) is 1. The zero-order valence-electron chi connectivity index (χ0n) is 30.0. The Morgan fingerprint density at radius 3 is 2.52 bits per heavy atom. The average molecular weight is 741 g/mol. The molecule has 1 aliphatic heterocycles. The number of halogens is 2. The zero-order chi connectivity index (χ0) is 36.6. The summed E-state index contributed by atoms with van der Waals surface area (Å²) in [5.41, 5.74) is 7.91. The zero-order valence-corrected chi connectivity index (χ0v) is 31.5. The van der Waals surface area contributed by atoms with Crippen LogP contribution in [0.3, 0.4) is 0 Å². The van der Waals surface area contributed by atoms with Crippen molar-refractivity contribution < 1.29 is 18.7 Å². The Morgan fingerprint density at radius 1 is 0.923 bits per heavy atom. The topological polar surface area (TPSA) is 106 Å². The molecule has 1 fully saturated rings. The maximum absolute atomic E-state index is 9.33. The summed E-state index contributed by atoms with van der Waals surface area (Å²) in [6.45, 7) is 10.2. The van der Waals surface area contributed by atoms with Gasteiger partial charge in [-0.1, -0.05) is 58.7 Å². The number of ether oxygens (including phenoxy) is 3. The summed E-state index contributed by atoms with van der Waals surface area (Å²) in [7, 11) is 2.16. The Morgan fingerprint density at radius 2 is 1.73 bits per heavy atom. The number of likely N-dealkylation sites (tertiary alicyclic amines) is 1. The van der Waals surface area contributed by atoms with Crippen molar-refractivity contribution in [2.75, 3.05) is 26.7 Å². The largest absolute Gasteiger partial charge is 0.492 e. The van der Waals surface area contributed by atoms with E-state index >= 15 is 0 Å². The first kappa shape index (κ1) is 37.2. The molecule has 5 aromatic rings. The molecular weight excluding hydrogens is 697 g/mol. The molecule has 0 amide bonds. The molecule has 3 aromatic carbocycles. The van der Waals surface area contributed by atoms with Crippen molar-refractivity contribution >= 4 is 23.2 Å². The third kappa shape index (κ3) is 9.06. The Kier molecular flexibility index (Phi) is 12.4. The van der Waals surface area contributed by atoms with E-state index in [0.717, 1.165) is 69.9 Å². The fraction of sp³-hybridized carbons (Fsp3) is 0.341. The molecule has 270 valence electrons. The molecule has 52 heavy (non-hydrogen) atoms. The van der Waals surface area contributed by atoms with Crippen molar-refractivity contribution in [3.05, 3.63) is 122 Å². The van der Waals surface area contributed by atoms with E-state index < -0.39 is 0 Å². The number of aryl methyl sites for hydroxylation is 2. The standard InChI is InChI=1S/C41H43Cl2N5O4/c1-26-32(9-5-10-34(26)35-11-6-12-38(41(35)43)49-23-29-8-7-13-48(4)22-29)25-51-40-16-39(50-24-31-14-30(17-44)18-45-19-31)33(15-37(40)42)20-46-21-36-27(2)47-52-28(36)3/h5-6,9-12,14-16,18-19,29,46H,7-8,13,20-25H2,1-4H3. The number of benzene rings is 3. The smallest absolute Gasteiger partial charge is 0.142 e. The fourth-order valence-electron chi connectivity index (χ4n) is 6.56. The van der Waals surface area contributed by atoms with Crippen LogP contribution in [0.1, 0.15) is 57.7 Å². The lowest BCUT2D eigenvalue weighted by atomic mass is 9.96. The SMILES string of the molecule is Cc1noc(C)c1CNCc1cc(Cl)c(OCc2cccc(-c3cccc(OCC4CCCN(C)C4)c3Cl)c2C)cc1OCc1cncc(C#N)c1. The Bertz CT molecular complexity index is 2040. The Balaban J connectivity index is 1.19. The monoisotopic (exact) mass is 739 g/mol. The second kappa shape index (κ2) is 17.3. The molecule has 9 nitrogen and oxygen atoms in total. The molecule has 3 heterocycles. The highest BCUT2D eigenvalue weighted by Crippen LogP contribution is 2.39. The van der Waals surface area contributed by atoms with Gasteiger partial charge in [0.15, 0.2) is 0 Å². The summed E-state index contributed by atoms with van der Waals surface area (Å²) >= 11 is 13.8. The number of pyridine rings is 1. The highest BCUT2D eigenvalue weighted by atomic mass is 35.5. The van der Waals surface area contributed by atoms with Gasteiger partial charge in [0.2, 0.25) is 0 Å². The minimum absolute atomic E-state index is 0.211. The van der Waals surface area contributed by atoms with Crippen LogP contribution in [-0.2, 0) is 26.3 Å². The van der Waals surface area contributed by atoms with Crippen LogP contribution < -0.4 is 19.5 Å². The van der Waals surface area contributed by atoms with Crippen LogP contribution in [0.2, 0.25) is 10.0 Å². The Hall–Kier alpha value is -4.59. The highest BCUT2D eigenvalue weighted by molar-refractivity contribution is 6.35. The lowest BCUT2D eigenvalue weighted by Crippen LogP contribution is -2.34. The van der Waals surface area contributed by atoms with E-state index in [2.05, 4.69) is 46.5 Å². The summed E-state index contributed by atoms with van der Waals surface area (Å²) in [6, 6.07) is 19.6. The van der Waals surface area contributed by atoms with Gasteiger partial charge in [-0.15, -0.1) is 0 Å². The van der Waals surface area contributed by atoms with Crippen LogP contribution in [0, 0.1) is 38.0 Å². The van der Waals surface area contributed by atoms with Crippen molar-refractivity contribution in [1.29, 1.82) is 5.26 Å². The van der Waals surface area contributed by atoms with E-state index in [4.69, 9.17) is 41.9 Å². The van der Waals surface area contributed by atoms with E-state index in [1.807, 2.05) is 56.3 Å². The van der Waals surface area contributed by atoms with Crippen LogP contribution in [0.4, 0.5) is 0 Å². The number of piperidine rings is 1. The van der Waals surface area contributed by atoms with Gasteiger partial charge in [0.25, 0.3) is 0 Å². The van der Waals surface area contributed by atoms with Crippen LogP contribution >= 0.6 is 23.2 Å². The van der Waals surface area contributed by atoms with E-state index in [0.29, 0.717) is 58.5 Å². The van der Waals surface area contributed by atoms with Crippen LogP contribution in [-0.4, -0.2) is 41.8 Å². The van der Waals surface area contributed by atoms with Crippen molar-refractivity contribution in [3.63, 3.8) is 0 Å². The summed E-state index contributed by atoms with van der Waals surface area (Å²) in [5.74, 6) is 3.05. The fourth-order valence-corrected chi connectivity index (χ4v) is 7.08. The average Bonchev–Trinajstić information content (AvgIpc) is 3.47. The molecule has 0 aliphatic carbocycles. The first-order valence-corrected chi connectivity index (χ1v) is 18.2. The van der Waals surface area contributed by atoms with Crippen LogP contribution in [0.15, 0.2) is 71.5 Å². The molecular formula is C41H43Cl2N5O4. The first-order valence-electron chi connectivity index (χ1n) is 17.4. The first-order chi connectivity index (χ1) is 25.2. The predicted molar refractivity (Wildman–Crippen MR) is 203 cm³/mol. The molecule has 11 heteroatoms. The van der Waals surface area contributed by atoms with Gasteiger partial charge in [0.1, 0.15) is 42.3 Å². The van der Waals surface area contributed by atoms with Gasteiger partial charge in [-0.3, -0.25) is 4.98 Å². The van der Waals surface area contributed by atoms with E-state index in [-0.39, 0.29) is 13.2 Å². The van der Waals surface area contributed by atoms with Crippen molar-refractivity contribution in [3.8, 4) is 34.4 Å². The third-order valence-corrected chi connectivity index (χ3v) is 10.2. The van der Waals surface area contributed by atoms with E-state index in [9.17, 15) is 5.26 Å². The van der Waals surface area contributed by atoms with Gasteiger partial charge in [-0.2, -0.15) is 5.26 Å². The molecule has 1 atom stereocenters. The summed E-state index contributed by atoms with van der Waals surface area (Å²) < 4.78 is 24.3. The lowest BCUT2D eigenvalue weighted by molar-refractivity contribution is 0.150. The summed E-state index contributed by atoms with van der Waals surface area (Å²) in [6.07, 6.45) is 5.56. The minimum Gasteiger partial charge on any atom is -0.492 e. The van der Waals surface area contributed by atoms with Gasteiger partial charge in [0, 0.05) is 66.3 Å². The van der Waals surface area contributed by atoms with Crippen LogP contribution in [0.5, 0.6) is 17.2 Å². The van der Waals surface area contributed by atoms with Crippen molar-refractivity contribution in [2.24, 2.45) is 5.92 Å². The summed E-state index contributed by atoms with van der Waals surface area (Å²) in [5, 5.41) is 17.9. The van der Waals surface area contributed by atoms with Gasteiger partial charge >= 0.3 is 0 Å². The maximum atomic E-state index is 9.33. The molecule has 0 bridgehead atoms. The van der Waals surface area contributed by atoms with Gasteiger partial charge in [-0.25, -0.2) is 0 Å². The predicted octanol–water partition coefficient (Wildman–Crippen LogP) is 9.01. The molecule has 1 N–H and O–H groups in total. The third-order valence-electron chi connectivity index (χ3n) is 9.51. The minimum atomic E-state index is 0.211. The van der Waals surface area contributed by atoms with Gasteiger partial charge < -0.3 is 29.0 Å². The second-order valence-corrected chi connectivity index (χ2v) is 14.1.